The van der Waals surface area contributed by atoms with E-state index in [2.05, 4.69) is 0 Å². The van der Waals surface area contributed by atoms with Crippen molar-refractivity contribution in [2.45, 2.75) is 33.6 Å². The molecule has 1 aliphatic rings. The van der Waals surface area contributed by atoms with Crippen molar-refractivity contribution in [1.82, 2.24) is 9.47 Å². The molecule has 1 saturated heterocycles. The van der Waals surface area contributed by atoms with Gasteiger partial charge in [-0.1, -0.05) is 13.3 Å². The van der Waals surface area contributed by atoms with Crippen molar-refractivity contribution in [1.29, 1.82) is 0 Å². The van der Waals surface area contributed by atoms with Crippen molar-refractivity contribution in [2.24, 2.45) is 0 Å². The zero-order chi connectivity index (χ0) is 27.2. The van der Waals surface area contributed by atoms with Crippen molar-refractivity contribution in [2.75, 3.05) is 19.8 Å². The molecular weight excluding hydrogens is 507 g/mol. The maximum absolute atomic E-state index is 13.0. The molecule has 1 aromatic heterocycles. The number of aromatic nitrogens is 1. The molecule has 9 heteroatoms. The fourth-order valence-corrected chi connectivity index (χ4v) is 4.95. The standard InChI is InChI=1S/C29H29FN2O5S/c1-4-5-15-37-28(34)21-6-10-24(11-7-21)32-19(2)17-22(20(32)3)18-26-27(33)31(29(35)38-26)14-16-36-25-12-8-23(30)9-13-25/h6-13,17-18H,4-5,14-16H2,1-3H3/b26-18-. The Hall–Kier alpha value is -3.85. The first-order chi connectivity index (χ1) is 18.3. The SMILES string of the molecule is CCCCOC(=O)c1ccc(-n2c(C)cc(/C=C3\SC(=O)N(CCOc4ccc(F)cc4)C3=O)c2C)cc1. The van der Waals surface area contributed by atoms with E-state index in [9.17, 15) is 18.8 Å². The highest BCUT2D eigenvalue weighted by atomic mass is 32.2. The molecule has 38 heavy (non-hydrogen) atoms. The normalized spacial score (nSPS) is 14.4. The summed E-state index contributed by atoms with van der Waals surface area (Å²) in [5.74, 6) is -0.626. The lowest BCUT2D eigenvalue weighted by molar-refractivity contribution is -0.123. The average molecular weight is 537 g/mol. The molecule has 1 fully saturated rings. The maximum atomic E-state index is 13.0. The molecule has 0 bridgehead atoms. The number of hydrogen-bond donors (Lipinski definition) is 0. The van der Waals surface area contributed by atoms with Gasteiger partial charge in [0.2, 0.25) is 0 Å². The van der Waals surface area contributed by atoms with Crippen molar-refractivity contribution >= 4 is 35.0 Å². The van der Waals surface area contributed by atoms with Gasteiger partial charge in [-0.05, 0) is 98.3 Å². The van der Waals surface area contributed by atoms with Gasteiger partial charge in [0.1, 0.15) is 18.2 Å². The van der Waals surface area contributed by atoms with Gasteiger partial charge in [0.05, 0.1) is 23.6 Å². The smallest absolute Gasteiger partial charge is 0.338 e. The number of hydrogen-bond acceptors (Lipinski definition) is 6. The number of imide groups is 1. The van der Waals surface area contributed by atoms with E-state index in [0.29, 0.717) is 22.8 Å². The highest BCUT2D eigenvalue weighted by Gasteiger charge is 2.35. The van der Waals surface area contributed by atoms with Crippen LogP contribution < -0.4 is 4.74 Å². The fraction of sp³-hybridized carbons (Fsp3) is 0.276. The van der Waals surface area contributed by atoms with Crippen molar-refractivity contribution in [3.05, 3.63) is 87.8 Å². The first kappa shape index (κ1) is 27.2. The summed E-state index contributed by atoms with van der Waals surface area (Å²) in [6.07, 6.45) is 3.51. The van der Waals surface area contributed by atoms with Gasteiger partial charge in [0.15, 0.2) is 0 Å². The molecule has 0 aliphatic carbocycles. The Morgan fingerprint density at radius 3 is 2.42 bits per heavy atom. The topological polar surface area (TPSA) is 77.8 Å². The van der Waals surface area contributed by atoms with Crippen LogP contribution in [0.1, 0.15) is 47.1 Å². The second kappa shape index (κ2) is 12.1. The molecule has 198 valence electrons. The summed E-state index contributed by atoms with van der Waals surface area (Å²) in [6.45, 7) is 6.53. The Bertz CT molecular complexity index is 1360. The molecule has 0 atom stereocenters. The van der Waals surface area contributed by atoms with Gasteiger partial charge in [-0.15, -0.1) is 0 Å². The van der Waals surface area contributed by atoms with Crippen molar-refractivity contribution in [3.8, 4) is 11.4 Å². The minimum atomic E-state index is -0.376. The van der Waals surface area contributed by atoms with E-state index < -0.39 is 0 Å². The number of unbranched alkanes of at least 4 members (excludes halogenated alkanes) is 1. The second-order valence-corrected chi connectivity index (χ2v) is 9.83. The summed E-state index contributed by atoms with van der Waals surface area (Å²) >= 11 is 0.890. The average Bonchev–Trinajstić information content (AvgIpc) is 3.33. The number of thioether (sulfide) groups is 1. The van der Waals surface area contributed by atoms with E-state index in [4.69, 9.17) is 9.47 Å². The van der Waals surface area contributed by atoms with E-state index in [1.807, 2.05) is 43.5 Å². The van der Waals surface area contributed by atoms with Crippen LogP contribution in [-0.2, 0) is 9.53 Å². The predicted molar refractivity (Wildman–Crippen MR) is 145 cm³/mol. The fourth-order valence-electron chi connectivity index (χ4n) is 4.09. The van der Waals surface area contributed by atoms with Gasteiger partial charge >= 0.3 is 5.97 Å². The van der Waals surface area contributed by atoms with E-state index in [1.165, 1.54) is 24.3 Å². The van der Waals surface area contributed by atoms with Crippen molar-refractivity contribution in [3.63, 3.8) is 0 Å². The Morgan fingerprint density at radius 1 is 1.03 bits per heavy atom. The summed E-state index contributed by atoms with van der Waals surface area (Å²) in [6, 6.07) is 14.7. The highest BCUT2D eigenvalue weighted by molar-refractivity contribution is 8.18. The molecule has 3 aromatic rings. The van der Waals surface area contributed by atoms with Crippen LogP contribution in [0.2, 0.25) is 0 Å². The zero-order valence-corrected chi connectivity index (χ0v) is 22.3. The Balaban J connectivity index is 1.44. The lowest BCUT2D eigenvalue weighted by Gasteiger charge is -2.13. The Kier molecular flexibility index (Phi) is 8.68. The third-order valence-corrected chi connectivity index (χ3v) is 7.03. The molecule has 0 radical (unpaired) electrons. The van der Waals surface area contributed by atoms with Crippen LogP contribution in [0.5, 0.6) is 5.75 Å². The molecule has 0 N–H and O–H groups in total. The van der Waals surface area contributed by atoms with E-state index in [0.717, 1.165) is 52.1 Å². The van der Waals surface area contributed by atoms with Gasteiger partial charge in [0.25, 0.3) is 11.1 Å². The number of amides is 2. The van der Waals surface area contributed by atoms with Crippen LogP contribution >= 0.6 is 11.8 Å². The minimum Gasteiger partial charge on any atom is -0.492 e. The van der Waals surface area contributed by atoms with E-state index >= 15 is 0 Å². The van der Waals surface area contributed by atoms with Gasteiger partial charge in [-0.2, -0.15) is 0 Å². The largest absolute Gasteiger partial charge is 0.492 e. The number of carbonyl (C=O) groups is 3. The third kappa shape index (κ3) is 6.16. The summed E-state index contributed by atoms with van der Waals surface area (Å²) in [5, 5.41) is -0.362. The Morgan fingerprint density at radius 2 is 1.74 bits per heavy atom. The molecule has 0 spiro atoms. The monoisotopic (exact) mass is 536 g/mol. The number of esters is 1. The number of nitrogens with zero attached hydrogens (tertiary/aromatic N) is 2. The van der Waals surface area contributed by atoms with Crippen LogP contribution in [0.25, 0.3) is 11.8 Å². The maximum Gasteiger partial charge on any atom is 0.338 e. The van der Waals surface area contributed by atoms with E-state index in [1.54, 1.807) is 18.2 Å². The quantitative estimate of drug-likeness (QED) is 0.172. The summed E-state index contributed by atoms with van der Waals surface area (Å²) in [5.41, 5.74) is 4.02. The number of rotatable bonds is 10. The first-order valence-electron chi connectivity index (χ1n) is 12.4. The second-order valence-electron chi connectivity index (χ2n) is 8.83. The van der Waals surface area contributed by atoms with Gasteiger partial charge in [-0.3, -0.25) is 14.5 Å². The number of aryl methyl sites for hydroxylation is 1. The summed E-state index contributed by atoms with van der Waals surface area (Å²) in [7, 11) is 0. The molecule has 1 aliphatic heterocycles. The summed E-state index contributed by atoms with van der Waals surface area (Å²) in [4.78, 5) is 39.1. The predicted octanol–water partition coefficient (Wildman–Crippen LogP) is 6.31. The highest BCUT2D eigenvalue weighted by Crippen LogP contribution is 2.33. The number of benzene rings is 2. The Labute approximate surface area is 225 Å². The first-order valence-corrected chi connectivity index (χ1v) is 13.2. The van der Waals surface area contributed by atoms with Gasteiger partial charge in [0, 0.05) is 17.1 Å². The van der Waals surface area contributed by atoms with E-state index in [-0.39, 0.29) is 36.1 Å². The van der Waals surface area contributed by atoms with Crippen molar-refractivity contribution < 1.29 is 28.2 Å². The lowest BCUT2D eigenvalue weighted by Crippen LogP contribution is -2.32. The zero-order valence-electron chi connectivity index (χ0n) is 21.5. The number of halogens is 1. The molecule has 0 saturated carbocycles. The molecule has 4 rings (SSSR count). The molecule has 7 nitrogen and oxygen atoms in total. The third-order valence-electron chi connectivity index (χ3n) is 6.12. The van der Waals surface area contributed by atoms with Gasteiger partial charge < -0.3 is 14.0 Å². The van der Waals surface area contributed by atoms with Gasteiger partial charge in [-0.25, -0.2) is 9.18 Å². The summed E-state index contributed by atoms with van der Waals surface area (Å²) < 4.78 is 25.9. The molecule has 2 heterocycles. The van der Waals surface area contributed by atoms with Crippen LogP contribution in [0.3, 0.4) is 0 Å². The van der Waals surface area contributed by atoms with Crippen LogP contribution in [0.4, 0.5) is 9.18 Å². The van der Waals surface area contributed by atoms with Crippen LogP contribution in [0, 0.1) is 19.7 Å². The number of carbonyl (C=O) groups excluding carboxylic acids is 3. The molecule has 2 aromatic carbocycles. The molecule has 0 unspecified atom stereocenters. The lowest BCUT2D eigenvalue weighted by atomic mass is 10.2. The molecular formula is C29H29FN2O5S. The molecule has 2 amide bonds. The minimum absolute atomic E-state index is 0.0889. The number of ether oxygens (including phenoxy) is 2. The van der Waals surface area contributed by atoms with Crippen LogP contribution in [0.15, 0.2) is 59.5 Å². The van der Waals surface area contributed by atoms with Crippen LogP contribution in [-0.4, -0.2) is 46.3 Å².